The van der Waals surface area contributed by atoms with Crippen LogP contribution in [-0.4, -0.2) is 72.6 Å². The van der Waals surface area contributed by atoms with Crippen LogP contribution in [-0.2, 0) is 38.1 Å². The summed E-state index contributed by atoms with van der Waals surface area (Å²) in [6.45, 7) is 8.31. The van der Waals surface area contributed by atoms with Crippen molar-refractivity contribution in [2.24, 2.45) is 0 Å². The number of amides is 1. The highest BCUT2D eigenvalue weighted by atomic mass is 16.7. The Morgan fingerprint density at radius 2 is 1.83 bits per heavy atom. The number of rotatable bonds is 5. The SMILES string of the molecule is CC(=O)N[C@H]1[C@H]([C@@H]2O[C@H](c3ccccc3)OC[C@H]2OC(C)=O)N[C@@]2(C(=O)OC(C)(C)C)CO[C@@H]1C2. The molecule has 3 saturated heterocycles. The van der Waals surface area contributed by atoms with Gasteiger partial charge in [-0.25, -0.2) is 4.79 Å². The maximum atomic E-state index is 13.3. The molecular formula is C25H34N2O8. The van der Waals surface area contributed by atoms with E-state index in [1.807, 2.05) is 30.3 Å². The Hall–Kier alpha value is -2.53. The topological polar surface area (TPSA) is 121 Å². The predicted molar refractivity (Wildman–Crippen MR) is 123 cm³/mol. The van der Waals surface area contributed by atoms with Crippen LogP contribution in [0, 0.1) is 0 Å². The third kappa shape index (κ3) is 5.66. The van der Waals surface area contributed by atoms with Crippen molar-refractivity contribution >= 4 is 17.8 Å². The molecule has 0 radical (unpaired) electrons. The minimum absolute atomic E-state index is 0.0831. The first-order valence-electron chi connectivity index (χ1n) is 11.9. The Morgan fingerprint density at radius 3 is 2.46 bits per heavy atom. The highest BCUT2D eigenvalue weighted by Gasteiger charge is 2.60. The van der Waals surface area contributed by atoms with E-state index in [0.717, 1.165) is 5.56 Å². The van der Waals surface area contributed by atoms with Crippen molar-refractivity contribution < 1.29 is 38.1 Å². The van der Waals surface area contributed by atoms with Crippen LogP contribution in [0.5, 0.6) is 0 Å². The Balaban J connectivity index is 1.68. The van der Waals surface area contributed by atoms with Gasteiger partial charge in [0.1, 0.15) is 17.2 Å². The van der Waals surface area contributed by atoms with Gasteiger partial charge in [-0.1, -0.05) is 30.3 Å². The lowest BCUT2D eigenvalue weighted by Crippen LogP contribution is -2.73. The van der Waals surface area contributed by atoms with Crippen molar-refractivity contribution in [3.05, 3.63) is 35.9 Å². The van der Waals surface area contributed by atoms with Crippen molar-refractivity contribution in [2.75, 3.05) is 13.2 Å². The fourth-order valence-corrected chi connectivity index (χ4v) is 4.92. The second-order valence-electron chi connectivity index (χ2n) is 10.4. The quantitative estimate of drug-likeness (QED) is 0.590. The molecule has 3 aliphatic rings. The molecule has 3 heterocycles. The summed E-state index contributed by atoms with van der Waals surface area (Å²) < 4.78 is 29.5. The van der Waals surface area contributed by atoms with Crippen LogP contribution in [0.1, 0.15) is 52.9 Å². The minimum atomic E-state index is -1.12. The Kier molecular flexibility index (Phi) is 7.19. The third-order valence-corrected chi connectivity index (χ3v) is 6.29. The summed E-state index contributed by atoms with van der Waals surface area (Å²) in [7, 11) is 0. The highest BCUT2D eigenvalue weighted by Crippen LogP contribution is 2.39. The van der Waals surface area contributed by atoms with Crippen LogP contribution < -0.4 is 10.6 Å². The molecular weight excluding hydrogens is 456 g/mol. The van der Waals surface area contributed by atoms with Crippen molar-refractivity contribution in [1.29, 1.82) is 0 Å². The lowest BCUT2D eigenvalue weighted by Gasteiger charge is -2.48. The number of fused-ring (bicyclic) bond motifs is 2. The number of ether oxygens (including phenoxy) is 5. The van der Waals surface area contributed by atoms with Crippen LogP contribution in [0.2, 0.25) is 0 Å². The fraction of sp³-hybridized carbons (Fsp3) is 0.640. The molecule has 2 N–H and O–H groups in total. The number of carbonyl (C=O) groups excluding carboxylic acids is 3. The van der Waals surface area contributed by atoms with E-state index in [4.69, 9.17) is 23.7 Å². The number of benzene rings is 1. The number of esters is 2. The molecule has 2 bridgehead atoms. The Bertz CT molecular complexity index is 949. The van der Waals surface area contributed by atoms with E-state index in [1.54, 1.807) is 20.8 Å². The molecule has 0 spiro atoms. The van der Waals surface area contributed by atoms with Gasteiger partial charge in [-0.05, 0) is 20.8 Å². The first kappa shape index (κ1) is 25.6. The van der Waals surface area contributed by atoms with E-state index in [2.05, 4.69) is 10.6 Å². The molecule has 3 aliphatic heterocycles. The average Bonchev–Trinajstić information content (AvgIpc) is 3.15. The van der Waals surface area contributed by atoms with E-state index in [9.17, 15) is 14.4 Å². The van der Waals surface area contributed by atoms with Crippen LogP contribution in [0.4, 0.5) is 0 Å². The molecule has 192 valence electrons. The molecule has 4 rings (SSSR count). The van der Waals surface area contributed by atoms with E-state index >= 15 is 0 Å². The summed E-state index contributed by atoms with van der Waals surface area (Å²) in [5.74, 6) is -1.18. The van der Waals surface area contributed by atoms with E-state index < -0.39 is 59.8 Å². The summed E-state index contributed by atoms with van der Waals surface area (Å²) in [6, 6.07) is 8.22. The molecule has 0 aliphatic carbocycles. The normalized spacial score (nSPS) is 34.7. The Morgan fingerprint density at radius 1 is 1.11 bits per heavy atom. The number of nitrogens with one attached hydrogen (secondary N) is 2. The molecule has 10 heteroatoms. The van der Waals surface area contributed by atoms with Gasteiger partial charge in [0.15, 0.2) is 12.4 Å². The molecule has 0 aromatic heterocycles. The maximum Gasteiger partial charge on any atom is 0.329 e. The lowest BCUT2D eigenvalue weighted by atomic mass is 9.80. The predicted octanol–water partition coefficient (Wildman–Crippen LogP) is 1.38. The van der Waals surface area contributed by atoms with Gasteiger partial charge in [-0.15, -0.1) is 0 Å². The zero-order chi connectivity index (χ0) is 25.4. The molecule has 7 atom stereocenters. The van der Waals surface area contributed by atoms with Crippen molar-refractivity contribution in [2.45, 2.75) is 88.9 Å². The average molecular weight is 491 g/mol. The summed E-state index contributed by atoms with van der Waals surface area (Å²) in [4.78, 5) is 37.3. The van der Waals surface area contributed by atoms with Crippen LogP contribution in [0.3, 0.4) is 0 Å². The number of piperidine rings is 1. The zero-order valence-electron chi connectivity index (χ0n) is 20.7. The number of hydrogen-bond donors (Lipinski definition) is 2. The van der Waals surface area contributed by atoms with Crippen molar-refractivity contribution in [3.8, 4) is 0 Å². The van der Waals surface area contributed by atoms with Gasteiger partial charge >= 0.3 is 11.9 Å². The van der Waals surface area contributed by atoms with E-state index in [0.29, 0.717) is 6.42 Å². The van der Waals surface area contributed by atoms with Gasteiger partial charge in [0.25, 0.3) is 0 Å². The molecule has 0 unspecified atom stereocenters. The zero-order valence-corrected chi connectivity index (χ0v) is 20.7. The smallest absolute Gasteiger partial charge is 0.329 e. The summed E-state index contributed by atoms with van der Waals surface area (Å²) in [5.41, 5.74) is -1.02. The summed E-state index contributed by atoms with van der Waals surface area (Å²) >= 11 is 0. The summed E-state index contributed by atoms with van der Waals surface area (Å²) in [6.07, 6.45) is -2.37. The largest absolute Gasteiger partial charge is 0.459 e. The van der Waals surface area contributed by atoms with Crippen LogP contribution in [0.25, 0.3) is 0 Å². The first-order valence-corrected chi connectivity index (χ1v) is 11.9. The molecule has 10 nitrogen and oxygen atoms in total. The van der Waals surface area contributed by atoms with Crippen LogP contribution in [0.15, 0.2) is 30.3 Å². The van der Waals surface area contributed by atoms with Gasteiger partial charge in [-0.3, -0.25) is 14.9 Å². The standard InChI is InChI=1S/C25H34N2O8/c1-14(28)26-19-17-11-25(13-32-17,23(30)35-24(3,4)5)27-20(19)21-18(33-15(2)29)12-31-22(34-21)16-9-7-6-8-10-16/h6-10,17-22,27H,11-13H2,1-5H3,(H,26,28)/t17-,18-,19-,20-,21-,22-,25-/m1/s1. The van der Waals surface area contributed by atoms with E-state index in [-0.39, 0.29) is 19.1 Å². The second kappa shape index (κ2) is 9.85. The maximum absolute atomic E-state index is 13.3. The van der Waals surface area contributed by atoms with Gasteiger partial charge in [-0.2, -0.15) is 0 Å². The van der Waals surface area contributed by atoms with Gasteiger partial charge in [0.2, 0.25) is 5.91 Å². The molecule has 0 saturated carbocycles. The monoisotopic (exact) mass is 490 g/mol. The number of hydrogen-bond acceptors (Lipinski definition) is 9. The van der Waals surface area contributed by atoms with Gasteiger partial charge < -0.3 is 29.0 Å². The third-order valence-electron chi connectivity index (χ3n) is 6.29. The lowest BCUT2D eigenvalue weighted by molar-refractivity contribution is -0.271. The highest BCUT2D eigenvalue weighted by molar-refractivity contribution is 5.82. The Labute approximate surface area is 204 Å². The summed E-state index contributed by atoms with van der Waals surface area (Å²) in [5, 5.41) is 6.34. The first-order chi connectivity index (χ1) is 16.5. The van der Waals surface area contributed by atoms with Gasteiger partial charge in [0.05, 0.1) is 31.4 Å². The molecule has 35 heavy (non-hydrogen) atoms. The fourth-order valence-electron chi connectivity index (χ4n) is 4.92. The van der Waals surface area contributed by atoms with Gasteiger partial charge in [0, 0.05) is 25.8 Å². The van der Waals surface area contributed by atoms with E-state index in [1.165, 1.54) is 13.8 Å². The molecule has 1 amide bonds. The number of carbonyl (C=O) groups is 3. The van der Waals surface area contributed by atoms with Crippen LogP contribution >= 0.6 is 0 Å². The molecule has 1 aromatic rings. The molecule has 3 fully saturated rings. The minimum Gasteiger partial charge on any atom is -0.459 e. The molecule has 1 aromatic carbocycles. The van der Waals surface area contributed by atoms with Crippen molar-refractivity contribution in [1.82, 2.24) is 10.6 Å². The second-order valence-corrected chi connectivity index (χ2v) is 10.4. The van der Waals surface area contributed by atoms with Crippen molar-refractivity contribution in [3.63, 3.8) is 0 Å².